The lowest BCUT2D eigenvalue weighted by Crippen LogP contribution is -2.44. The Morgan fingerprint density at radius 2 is 1.79 bits per heavy atom. The van der Waals surface area contributed by atoms with Crippen LogP contribution in [0.25, 0.3) is 0 Å². The summed E-state index contributed by atoms with van der Waals surface area (Å²) in [6.45, 7) is 3.74. The standard InChI is InChI=1S/C15H22N2O6S/c1-10(2)13(15(19)20)17-14(18)11-4-6-12(7-5-11)24(21,22)16-8-9-23-3/h4-7,10,13,16H,8-9H2,1-3H3,(H,17,18)(H,19,20)/t13-/m1/s1. The van der Waals surface area contributed by atoms with Crippen LogP contribution in [0.1, 0.15) is 24.2 Å². The van der Waals surface area contributed by atoms with Crippen molar-refractivity contribution in [3.8, 4) is 0 Å². The number of sulfonamides is 1. The molecule has 0 aliphatic rings. The van der Waals surface area contributed by atoms with Crippen LogP contribution in [0.5, 0.6) is 0 Å². The molecule has 1 atom stereocenters. The number of benzene rings is 1. The van der Waals surface area contributed by atoms with Crippen LogP contribution < -0.4 is 10.0 Å². The third-order valence-electron chi connectivity index (χ3n) is 3.24. The summed E-state index contributed by atoms with van der Waals surface area (Å²) < 4.78 is 31.1. The van der Waals surface area contributed by atoms with Gasteiger partial charge in [-0.05, 0) is 30.2 Å². The number of rotatable bonds is 9. The van der Waals surface area contributed by atoms with Crippen LogP contribution in [0.2, 0.25) is 0 Å². The lowest BCUT2D eigenvalue weighted by Gasteiger charge is -2.18. The van der Waals surface area contributed by atoms with Crippen molar-refractivity contribution in [2.45, 2.75) is 24.8 Å². The molecule has 0 heterocycles. The Morgan fingerprint density at radius 1 is 1.21 bits per heavy atom. The number of amides is 1. The zero-order valence-electron chi connectivity index (χ0n) is 13.8. The Bertz CT molecular complexity index is 670. The van der Waals surface area contributed by atoms with E-state index in [9.17, 15) is 18.0 Å². The first-order valence-electron chi connectivity index (χ1n) is 7.31. The Kier molecular flexibility index (Phi) is 7.33. The maximum absolute atomic E-state index is 12.1. The summed E-state index contributed by atoms with van der Waals surface area (Å²) in [6, 6.07) is 4.22. The van der Waals surface area contributed by atoms with Crippen LogP contribution in [0.15, 0.2) is 29.2 Å². The fourth-order valence-electron chi connectivity index (χ4n) is 1.89. The lowest BCUT2D eigenvalue weighted by molar-refractivity contribution is -0.140. The molecular formula is C15H22N2O6S. The summed E-state index contributed by atoms with van der Waals surface area (Å²) in [6.07, 6.45) is 0. The van der Waals surface area contributed by atoms with Gasteiger partial charge in [-0.25, -0.2) is 17.9 Å². The van der Waals surface area contributed by atoms with Crippen LogP contribution in [0.3, 0.4) is 0 Å². The molecule has 1 aromatic carbocycles. The van der Waals surface area contributed by atoms with Crippen LogP contribution in [0.4, 0.5) is 0 Å². The van der Waals surface area contributed by atoms with E-state index in [1.165, 1.54) is 31.4 Å². The maximum atomic E-state index is 12.1. The molecule has 0 unspecified atom stereocenters. The van der Waals surface area contributed by atoms with Crippen LogP contribution in [-0.2, 0) is 19.6 Å². The molecule has 1 amide bonds. The van der Waals surface area contributed by atoms with Crippen LogP contribution in [-0.4, -0.2) is 51.7 Å². The number of methoxy groups -OCH3 is 1. The van der Waals surface area contributed by atoms with E-state index in [4.69, 9.17) is 9.84 Å². The average molecular weight is 358 g/mol. The number of ether oxygens (including phenoxy) is 1. The fraction of sp³-hybridized carbons (Fsp3) is 0.467. The Hall–Kier alpha value is -1.97. The number of aliphatic carboxylic acids is 1. The fourth-order valence-corrected chi connectivity index (χ4v) is 2.90. The molecule has 3 N–H and O–H groups in total. The molecule has 9 heteroatoms. The predicted molar refractivity (Wildman–Crippen MR) is 87.2 cm³/mol. The largest absolute Gasteiger partial charge is 0.480 e. The van der Waals surface area contributed by atoms with Gasteiger partial charge in [0.2, 0.25) is 10.0 Å². The molecule has 0 aromatic heterocycles. The zero-order valence-corrected chi connectivity index (χ0v) is 14.6. The molecule has 134 valence electrons. The summed E-state index contributed by atoms with van der Waals surface area (Å²) in [5, 5.41) is 11.5. The van der Waals surface area contributed by atoms with Crippen molar-refractivity contribution in [1.82, 2.24) is 10.0 Å². The molecule has 1 rings (SSSR count). The molecule has 0 bridgehead atoms. The summed E-state index contributed by atoms with van der Waals surface area (Å²) in [4.78, 5) is 23.2. The monoisotopic (exact) mass is 358 g/mol. The van der Waals surface area contributed by atoms with Crippen LogP contribution in [0, 0.1) is 5.92 Å². The first-order chi connectivity index (χ1) is 11.2. The van der Waals surface area contributed by atoms with Gasteiger partial charge in [0.25, 0.3) is 5.91 Å². The van der Waals surface area contributed by atoms with Gasteiger partial charge in [-0.15, -0.1) is 0 Å². The van der Waals surface area contributed by atoms with E-state index in [2.05, 4.69) is 10.0 Å². The molecule has 24 heavy (non-hydrogen) atoms. The molecular weight excluding hydrogens is 336 g/mol. The third-order valence-corrected chi connectivity index (χ3v) is 4.72. The van der Waals surface area contributed by atoms with Crippen LogP contribution >= 0.6 is 0 Å². The highest BCUT2D eigenvalue weighted by atomic mass is 32.2. The molecule has 1 aromatic rings. The lowest BCUT2D eigenvalue weighted by atomic mass is 10.0. The minimum absolute atomic E-state index is 0.00815. The summed E-state index contributed by atoms with van der Waals surface area (Å²) in [7, 11) is -2.22. The Balaban J connectivity index is 2.83. The second-order valence-corrected chi connectivity index (χ2v) is 7.22. The third kappa shape index (κ3) is 5.59. The van der Waals surface area contributed by atoms with E-state index in [0.29, 0.717) is 0 Å². The zero-order chi connectivity index (χ0) is 18.3. The second kappa shape index (κ2) is 8.76. The van der Waals surface area contributed by atoms with Crippen molar-refractivity contribution < 1.29 is 27.9 Å². The van der Waals surface area contributed by atoms with Gasteiger partial charge in [0.05, 0.1) is 11.5 Å². The van der Waals surface area contributed by atoms with E-state index >= 15 is 0 Å². The minimum atomic E-state index is -3.68. The van der Waals surface area contributed by atoms with Crippen molar-refractivity contribution in [1.29, 1.82) is 0 Å². The minimum Gasteiger partial charge on any atom is -0.480 e. The Labute approximate surface area is 141 Å². The molecule has 0 aliphatic heterocycles. The number of hydrogen-bond acceptors (Lipinski definition) is 5. The first kappa shape index (κ1) is 20.1. The highest BCUT2D eigenvalue weighted by molar-refractivity contribution is 7.89. The van der Waals surface area contributed by atoms with Crippen molar-refractivity contribution in [2.75, 3.05) is 20.3 Å². The normalized spacial score (nSPS) is 12.8. The Morgan fingerprint density at radius 3 is 2.25 bits per heavy atom. The molecule has 0 spiro atoms. The predicted octanol–water partition coefficient (Wildman–Crippen LogP) is 0.450. The molecule has 0 saturated heterocycles. The van der Waals surface area contributed by atoms with E-state index in [0.717, 1.165) is 0 Å². The van der Waals surface area contributed by atoms with E-state index in [-0.39, 0.29) is 29.5 Å². The van der Waals surface area contributed by atoms with E-state index in [1.807, 2.05) is 0 Å². The number of carbonyl (C=O) groups is 2. The van der Waals surface area contributed by atoms with Gasteiger partial charge < -0.3 is 15.2 Å². The first-order valence-corrected chi connectivity index (χ1v) is 8.79. The summed E-state index contributed by atoms with van der Waals surface area (Å²) in [5.41, 5.74) is 0.178. The van der Waals surface area contributed by atoms with Gasteiger partial charge >= 0.3 is 5.97 Å². The number of carboxylic acids is 1. The number of hydrogen-bond donors (Lipinski definition) is 3. The van der Waals surface area contributed by atoms with Crippen molar-refractivity contribution in [3.63, 3.8) is 0 Å². The van der Waals surface area contributed by atoms with E-state index in [1.54, 1.807) is 13.8 Å². The highest BCUT2D eigenvalue weighted by Crippen LogP contribution is 2.11. The molecule has 0 fully saturated rings. The molecule has 0 aliphatic carbocycles. The van der Waals surface area contributed by atoms with Crippen molar-refractivity contribution in [3.05, 3.63) is 29.8 Å². The van der Waals surface area contributed by atoms with Gasteiger partial charge in [-0.1, -0.05) is 13.8 Å². The molecule has 0 saturated carbocycles. The summed E-state index contributed by atoms with van der Waals surface area (Å²) in [5.74, 6) is -1.98. The SMILES string of the molecule is COCCNS(=O)(=O)c1ccc(C(=O)N[C@@H](C(=O)O)C(C)C)cc1. The topological polar surface area (TPSA) is 122 Å². The average Bonchev–Trinajstić information content (AvgIpc) is 2.52. The number of carbonyl (C=O) groups excluding carboxylic acids is 1. The maximum Gasteiger partial charge on any atom is 0.326 e. The van der Waals surface area contributed by atoms with Gasteiger partial charge in [-0.2, -0.15) is 0 Å². The van der Waals surface area contributed by atoms with Gasteiger partial charge in [0, 0.05) is 19.2 Å². The second-order valence-electron chi connectivity index (χ2n) is 5.45. The molecule has 0 radical (unpaired) electrons. The quantitative estimate of drug-likeness (QED) is 0.551. The summed E-state index contributed by atoms with van der Waals surface area (Å²) >= 11 is 0. The van der Waals surface area contributed by atoms with Crippen molar-refractivity contribution in [2.24, 2.45) is 5.92 Å². The smallest absolute Gasteiger partial charge is 0.326 e. The van der Waals surface area contributed by atoms with Gasteiger partial charge in [0.1, 0.15) is 6.04 Å². The van der Waals surface area contributed by atoms with Gasteiger partial charge in [-0.3, -0.25) is 4.79 Å². The number of carboxylic acid groups (broad SMARTS) is 1. The number of nitrogens with one attached hydrogen (secondary N) is 2. The highest BCUT2D eigenvalue weighted by Gasteiger charge is 2.24. The molecule has 8 nitrogen and oxygen atoms in total. The van der Waals surface area contributed by atoms with Crippen molar-refractivity contribution >= 4 is 21.9 Å². The van der Waals surface area contributed by atoms with Gasteiger partial charge in [0.15, 0.2) is 0 Å². The van der Waals surface area contributed by atoms with E-state index < -0.39 is 27.9 Å².